The van der Waals surface area contributed by atoms with Crippen LogP contribution in [0.1, 0.15) is 27.7 Å². The number of hydrogen-bond donors (Lipinski definition) is 0. The van der Waals surface area contributed by atoms with Crippen LogP contribution in [0.3, 0.4) is 0 Å². The zero-order valence-electron chi connectivity index (χ0n) is 27.3. The van der Waals surface area contributed by atoms with Crippen LogP contribution < -0.4 is 31.0 Å². The topological polar surface area (TPSA) is 44.1 Å². The van der Waals surface area contributed by atoms with Crippen LogP contribution in [0.25, 0.3) is 27.6 Å². The van der Waals surface area contributed by atoms with Gasteiger partial charge in [-0.3, -0.25) is 0 Å². The molecule has 4 nitrogen and oxygen atoms in total. The molecule has 0 saturated heterocycles. The quantitative estimate of drug-likeness (QED) is 0.0946. The van der Waals surface area contributed by atoms with E-state index in [0.29, 0.717) is 27.9 Å². The molecular weight excluding hydrogens is 718 g/mol. The molecule has 7 aromatic rings. The van der Waals surface area contributed by atoms with E-state index in [2.05, 4.69) is 80.8 Å². The van der Waals surface area contributed by atoms with Crippen LogP contribution in [0.2, 0.25) is 11.1 Å². The van der Waals surface area contributed by atoms with E-state index in [4.69, 9.17) is 9.72 Å². The van der Waals surface area contributed by atoms with E-state index in [0.717, 1.165) is 27.3 Å². The van der Waals surface area contributed by atoms with Crippen LogP contribution in [0.15, 0.2) is 128 Å². The van der Waals surface area contributed by atoms with Crippen molar-refractivity contribution in [2.24, 2.45) is 0 Å². The Morgan fingerprint density at radius 3 is 1.96 bits per heavy atom. The van der Waals surface area contributed by atoms with Crippen LogP contribution in [-0.4, -0.2) is 17.6 Å². The van der Waals surface area contributed by atoms with E-state index in [-0.39, 0.29) is 20.4 Å². The van der Waals surface area contributed by atoms with Crippen molar-refractivity contribution < 1.29 is 29.7 Å². The number of pyridine rings is 1. The van der Waals surface area contributed by atoms with Crippen molar-refractivity contribution in [1.29, 1.82) is 0 Å². The molecule has 1 aliphatic rings. The fourth-order valence-corrected chi connectivity index (χ4v) is 16.7. The van der Waals surface area contributed by atoms with Gasteiger partial charge < -0.3 is 13.9 Å². The molecule has 1 aliphatic heterocycles. The number of nitrogens with zero attached hydrogens (tertiary/aromatic N) is 2. The zero-order chi connectivity index (χ0) is 32.3. The summed E-state index contributed by atoms with van der Waals surface area (Å²) in [5.74, 6) is 2.07. The molecule has 0 N–H and O–H groups in total. The van der Waals surface area contributed by atoms with Gasteiger partial charge in [0, 0.05) is 33.8 Å². The predicted molar refractivity (Wildman–Crippen MR) is 197 cm³/mol. The van der Waals surface area contributed by atoms with E-state index in [1.165, 1.54) is 21.3 Å². The van der Waals surface area contributed by atoms with E-state index < -0.39 is 15.2 Å². The summed E-state index contributed by atoms with van der Waals surface area (Å²) in [6.07, 6.45) is 1.91. The van der Waals surface area contributed by atoms with Gasteiger partial charge in [0.1, 0.15) is 21.0 Å². The van der Waals surface area contributed by atoms with Crippen molar-refractivity contribution in [2.75, 3.05) is 0 Å². The molecule has 0 saturated carbocycles. The molecule has 0 spiro atoms. The van der Waals surface area contributed by atoms with Crippen LogP contribution in [0.5, 0.6) is 11.5 Å². The molecule has 8 rings (SSSR count). The third-order valence-corrected chi connectivity index (χ3v) is 19.1. The maximum Gasteiger partial charge on any atom is 2.00 e. The van der Waals surface area contributed by atoms with Gasteiger partial charge in [-0.25, -0.2) is 4.98 Å². The average Bonchev–Trinajstić information content (AvgIpc) is 3.43. The predicted octanol–water partition coefficient (Wildman–Crippen LogP) is 7.90. The molecule has 0 aliphatic carbocycles. The molecule has 0 unspecified atom stereocenters. The first-order valence-electron chi connectivity index (χ1n) is 16.2. The van der Waals surface area contributed by atoms with Crippen molar-refractivity contribution in [3.63, 3.8) is 0 Å². The maximum atomic E-state index is 15.0. The number of benzene rings is 5. The molecule has 5 aromatic carbocycles. The van der Waals surface area contributed by atoms with E-state index in [1.54, 1.807) is 0 Å². The molecule has 0 fully saturated rings. The third-order valence-electron chi connectivity index (χ3n) is 9.93. The molecule has 240 valence electrons. The van der Waals surface area contributed by atoms with Gasteiger partial charge in [-0.15, -0.1) is 29.7 Å². The van der Waals surface area contributed by atoms with E-state index in [1.807, 2.05) is 91.1 Å². The molecule has 3 heterocycles. The Bertz CT molecular complexity index is 2290. The van der Waals surface area contributed by atoms with Gasteiger partial charge >= 0.3 is 20.4 Å². The van der Waals surface area contributed by atoms with Crippen LogP contribution in [-0.2, 0) is 25.0 Å². The molecule has 2 aromatic heterocycles. The number of para-hydroxylation sites is 1. The summed E-state index contributed by atoms with van der Waals surface area (Å²) in [5.41, 5.74) is 3.18. The van der Waals surface area contributed by atoms with Crippen molar-refractivity contribution in [3.05, 3.63) is 140 Å². The van der Waals surface area contributed by atoms with Gasteiger partial charge in [0.25, 0.3) is 0 Å². The minimum absolute atomic E-state index is 0. The zero-order valence-corrected chi connectivity index (χ0v) is 30.7. The Morgan fingerprint density at radius 1 is 0.667 bits per heavy atom. The maximum absolute atomic E-state index is 15.0. The van der Waals surface area contributed by atoms with Gasteiger partial charge in [0.05, 0.1) is 0 Å². The number of fused-ring (bicyclic) bond motifs is 5. The van der Waals surface area contributed by atoms with Crippen molar-refractivity contribution >= 4 is 63.3 Å². The second-order valence-electron chi connectivity index (χ2n) is 13.0. The Kier molecular flexibility index (Phi) is 8.43. The van der Waals surface area contributed by atoms with Crippen LogP contribution >= 0.6 is 7.14 Å². The Labute approximate surface area is 296 Å². The molecule has 0 amide bonds. The van der Waals surface area contributed by atoms with Gasteiger partial charge in [0.15, 0.2) is 0 Å². The summed E-state index contributed by atoms with van der Waals surface area (Å²) in [5, 5.41) is 7.30. The monoisotopic (exact) mass is 752 g/mol. The summed E-state index contributed by atoms with van der Waals surface area (Å²) < 4.78 is 23.8. The Hall–Kier alpha value is -4.04. The SMILES string of the molecule is CC(C)[Si]1(C(C)C)c2cccnc2-n2c3[c-]c(Oc4[c-]c(P(=O)(c5ccccc5)c5ccccc5)ccc4)ccc3c3cccc1c32.[Pd+2]. The Morgan fingerprint density at radius 2 is 1.29 bits per heavy atom. The second-order valence-corrected chi connectivity index (χ2v) is 20.8. The molecule has 0 radical (unpaired) electrons. The number of hydrogen-bond acceptors (Lipinski definition) is 3. The van der Waals surface area contributed by atoms with Gasteiger partial charge in [0.2, 0.25) is 0 Å². The van der Waals surface area contributed by atoms with Gasteiger partial charge in [-0.05, 0) is 32.9 Å². The summed E-state index contributed by atoms with van der Waals surface area (Å²) >= 11 is 0. The molecular formula is C41H35N2O2PPdSi. The normalized spacial score (nSPS) is 13.5. The molecule has 0 atom stereocenters. The van der Waals surface area contributed by atoms with Gasteiger partial charge in [-0.1, -0.05) is 123 Å². The summed E-state index contributed by atoms with van der Waals surface area (Å²) in [6.45, 7) is 9.54. The first kappa shape index (κ1) is 32.5. The fraction of sp³-hybridized carbons (Fsp3) is 0.146. The number of rotatable bonds is 7. The summed E-state index contributed by atoms with van der Waals surface area (Å²) in [7, 11) is -5.38. The second kappa shape index (κ2) is 12.4. The first-order chi connectivity index (χ1) is 22.8. The largest absolute Gasteiger partial charge is 2.00 e. The fourth-order valence-electron chi connectivity index (χ4n) is 8.03. The molecule has 48 heavy (non-hydrogen) atoms. The summed E-state index contributed by atoms with van der Waals surface area (Å²) in [4.78, 5) is 5.04. The standard InChI is InChI=1S/C41H35N2O2PSi.Pd/c1-28(2)47(29(3)4)38-21-12-20-36-35-24-23-31(27-37(35)43(40(36)38)41-39(47)22-13-25-42-41)45-30-14-11-19-34(26-30)46(44,32-15-7-5-8-16-32)33-17-9-6-10-18-33;/h5-25,28-29H,1-4H3;/q-2;+2. The summed E-state index contributed by atoms with van der Waals surface area (Å²) in [6, 6.07) is 47.2. The Balaban J connectivity index is 0.00000364. The van der Waals surface area contributed by atoms with Crippen molar-refractivity contribution in [2.45, 2.75) is 38.8 Å². The minimum Gasteiger partial charge on any atom is -0.509 e. The van der Waals surface area contributed by atoms with Crippen LogP contribution in [0.4, 0.5) is 0 Å². The average molecular weight is 753 g/mol. The van der Waals surface area contributed by atoms with Gasteiger partial charge in [-0.2, -0.15) is 18.2 Å². The third kappa shape index (κ3) is 4.73. The minimum atomic E-state index is -3.20. The van der Waals surface area contributed by atoms with Crippen molar-refractivity contribution in [1.82, 2.24) is 9.55 Å². The van der Waals surface area contributed by atoms with Crippen molar-refractivity contribution in [3.8, 4) is 17.3 Å². The van der Waals surface area contributed by atoms with E-state index >= 15 is 0 Å². The molecule has 0 bridgehead atoms. The number of ether oxygens (including phenoxy) is 1. The smallest absolute Gasteiger partial charge is 0.509 e. The molecule has 7 heteroatoms. The number of aromatic nitrogens is 2. The van der Waals surface area contributed by atoms with E-state index in [9.17, 15) is 4.57 Å². The van der Waals surface area contributed by atoms with Crippen LogP contribution in [0, 0.1) is 12.1 Å². The first-order valence-corrected chi connectivity index (χ1v) is 20.1.